The highest BCUT2D eigenvalue weighted by molar-refractivity contribution is 5.95. The number of para-hydroxylation sites is 2. The van der Waals surface area contributed by atoms with Crippen LogP contribution in [0.4, 0.5) is 5.69 Å². The van der Waals surface area contributed by atoms with Crippen LogP contribution in [-0.4, -0.2) is 44.7 Å². The van der Waals surface area contributed by atoms with Crippen LogP contribution in [0.5, 0.6) is 11.5 Å². The van der Waals surface area contributed by atoms with E-state index in [-0.39, 0.29) is 19.8 Å². The molecule has 2 rings (SSSR count). The van der Waals surface area contributed by atoms with Gasteiger partial charge in [0.2, 0.25) is 5.91 Å². The van der Waals surface area contributed by atoms with E-state index in [1.54, 1.807) is 55.5 Å². The van der Waals surface area contributed by atoms with Crippen molar-refractivity contribution in [2.75, 3.05) is 32.2 Å². The Balaban J connectivity index is 1.75. The number of ether oxygens (including phenoxy) is 3. The van der Waals surface area contributed by atoms with Crippen molar-refractivity contribution in [1.82, 2.24) is 5.32 Å². The summed E-state index contributed by atoms with van der Waals surface area (Å²) in [6.07, 6.45) is 0. The van der Waals surface area contributed by atoms with Crippen molar-refractivity contribution in [3.8, 4) is 11.5 Å². The first-order valence-electron chi connectivity index (χ1n) is 8.63. The molecule has 148 valence electrons. The van der Waals surface area contributed by atoms with Crippen LogP contribution < -0.4 is 20.1 Å². The van der Waals surface area contributed by atoms with E-state index in [1.165, 1.54) is 7.11 Å². The van der Waals surface area contributed by atoms with Crippen molar-refractivity contribution in [1.29, 1.82) is 0 Å². The highest BCUT2D eigenvalue weighted by Crippen LogP contribution is 2.25. The van der Waals surface area contributed by atoms with E-state index in [0.29, 0.717) is 22.7 Å². The molecular formula is C20H22N2O6. The number of anilines is 1. The molecule has 0 heterocycles. The fourth-order valence-corrected chi connectivity index (χ4v) is 2.22. The summed E-state index contributed by atoms with van der Waals surface area (Å²) < 4.78 is 15.4. The summed E-state index contributed by atoms with van der Waals surface area (Å²) in [6.45, 7) is 1.55. The summed E-state index contributed by atoms with van der Waals surface area (Å²) in [6, 6.07) is 13.2. The number of carbonyl (C=O) groups is 3. The highest BCUT2D eigenvalue weighted by atomic mass is 16.5. The number of benzene rings is 2. The van der Waals surface area contributed by atoms with Gasteiger partial charge in [0.05, 0.1) is 25.8 Å². The van der Waals surface area contributed by atoms with Gasteiger partial charge < -0.3 is 24.8 Å². The molecule has 0 spiro atoms. The zero-order valence-corrected chi connectivity index (χ0v) is 15.7. The standard InChI is InChI=1S/C20H22N2O6/c1-3-27-20(25)14-8-10-15(11-9-14)22-18(23)12-21-19(24)13-28-17-7-5-4-6-16(17)26-2/h4-11H,3,12-13H2,1-2H3,(H,21,24)(H,22,23). The van der Waals surface area contributed by atoms with Gasteiger partial charge in [-0.2, -0.15) is 0 Å². The van der Waals surface area contributed by atoms with Gasteiger partial charge in [-0.3, -0.25) is 9.59 Å². The molecule has 0 unspecified atom stereocenters. The molecule has 0 radical (unpaired) electrons. The third-order valence-corrected chi connectivity index (χ3v) is 3.55. The van der Waals surface area contributed by atoms with Gasteiger partial charge in [0.15, 0.2) is 18.1 Å². The lowest BCUT2D eigenvalue weighted by Crippen LogP contribution is -2.35. The fourth-order valence-electron chi connectivity index (χ4n) is 2.22. The van der Waals surface area contributed by atoms with Gasteiger partial charge in [-0.15, -0.1) is 0 Å². The van der Waals surface area contributed by atoms with Crippen LogP contribution in [0, 0.1) is 0 Å². The molecule has 2 aromatic rings. The van der Waals surface area contributed by atoms with Gasteiger partial charge in [-0.1, -0.05) is 12.1 Å². The second kappa shape index (κ2) is 10.6. The van der Waals surface area contributed by atoms with E-state index in [2.05, 4.69) is 10.6 Å². The zero-order chi connectivity index (χ0) is 20.4. The summed E-state index contributed by atoms with van der Waals surface area (Å²) in [4.78, 5) is 35.4. The van der Waals surface area contributed by atoms with Crippen LogP contribution in [0.1, 0.15) is 17.3 Å². The Bertz CT molecular complexity index is 820. The molecule has 0 aromatic heterocycles. The third kappa shape index (κ3) is 6.31. The topological polar surface area (TPSA) is 103 Å². The Morgan fingerprint density at radius 3 is 2.25 bits per heavy atom. The molecule has 28 heavy (non-hydrogen) atoms. The van der Waals surface area contributed by atoms with Crippen LogP contribution in [0.15, 0.2) is 48.5 Å². The smallest absolute Gasteiger partial charge is 0.338 e. The number of rotatable bonds is 9. The van der Waals surface area contributed by atoms with Crippen molar-refractivity contribution < 1.29 is 28.6 Å². The molecule has 0 atom stereocenters. The molecule has 0 saturated carbocycles. The largest absolute Gasteiger partial charge is 0.493 e. The van der Waals surface area contributed by atoms with Crippen molar-refractivity contribution in [2.24, 2.45) is 0 Å². The minimum Gasteiger partial charge on any atom is -0.493 e. The Morgan fingerprint density at radius 2 is 1.61 bits per heavy atom. The molecule has 2 N–H and O–H groups in total. The van der Waals surface area contributed by atoms with Crippen molar-refractivity contribution >= 4 is 23.5 Å². The summed E-state index contributed by atoms with van der Waals surface area (Å²) in [7, 11) is 1.51. The van der Waals surface area contributed by atoms with E-state index in [1.807, 2.05) is 0 Å². The van der Waals surface area contributed by atoms with Gasteiger partial charge in [-0.05, 0) is 43.3 Å². The molecule has 0 aliphatic carbocycles. The van der Waals surface area contributed by atoms with E-state index >= 15 is 0 Å². The first-order valence-corrected chi connectivity index (χ1v) is 8.63. The van der Waals surface area contributed by atoms with Gasteiger partial charge in [-0.25, -0.2) is 4.79 Å². The minimum absolute atomic E-state index is 0.215. The Labute approximate surface area is 162 Å². The molecule has 8 nitrogen and oxygen atoms in total. The molecule has 2 amide bonds. The molecule has 0 aliphatic rings. The van der Waals surface area contributed by atoms with E-state index in [0.717, 1.165) is 0 Å². The predicted octanol–water partition coefficient (Wildman–Crippen LogP) is 2.01. The first kappa shape index (κ1) is 20.8. The summed E-state index contributed by atoms with van der Waals surface area (Å²) in [5, 5.41) is 5.09. The summed E-state index contributed by atoms with van der Waals surface area (Å²) in [5.41, 5.74) is 0.888. The number of methoxy groups -OCH3 is 1. The third-order valence-electron chi connectivity index (χ3n) is 3.55. The Kier molecular flexibility index (Phi) is 7.83. The molecular weight excluding hydrogens is 364 g/mol. The maximum absolute atomic E-state index is 11.9. The number of hydrogen-bond donors (Lipinski definition) is 2. The van der Waals surface area contributed by atoms with Crippen LogP contribution >= 0.6 is 0 Å². The van der Waals surface area contributed by atoms with Crippen LogP contribution in [0.2, 0.25) is 0 Å². The molecule has 2 aromatic carbocycles. The van der Waals surface area contributed by atoms with E-state index in [9.17, 15) is 14.4 Å². The fraction of sp³-hybridized carbons (Fsp3) is 0.250. The average Bonchev–Trinajstić information content (AvgIpc) is 2.71. The van der Waals surface area contributed by atoms with Gasteiger partial charge in [0.1, 0.15) is 0 Å². The molecule has 0 fully saturated rings. The van der Waals surface area contributed by atoms with Gasteiger partial charge >= 0.3 is 5.97 Å². The van der Waals surface area contributed by atoms with E-state index in [4.69, 9.17) is 14.2 Å². The van der Waals surface area contributed by atoms with Gasteiger partial charge in [0.25, 0.3) is 5.91 Å². The summed E-state index contributed by atoms with van der Waals surface area (Å²) in [5.74, 6) is -0.332. The lowest BCUT2D eigenvalue weighted by atomic mass is 10.2. The molecule has 0 saturated heterocycles. The molecule has 8 heteroatoms. The molecule has 0 bridgehead atoms. The Morgan fingerprint density at radius 1 is 0.929 bits per heavy atom. The monoisotopic (exact) mass is 386 g/mol. The maximum Gasteiger partial charge on any atom is 0.338 e. The maximum atomic E-state index is 11.9. The number of hydrogen-bond acceptors (Lipinski definition) is 6. The number of carbonyl (C=O) groups excluding carboxylic acids is 3. The van der Waals surface area contributed by atoms with Crippen LogP contribution in [0.3, 0.4) is 0 Å². The quantitative estimate of drug-likeness (QED) is 0.639. The van der Waals surface area contributed by atoms with Gasteiger partial charge in [0, 0.05) is 5.69 Å². The Hall–Kier alpha value is -3.55. The predicted molar refractivity (Wildman–Crippen MR) is 103 cm³/mol. The first-order chi connectivity index (χ1) is 13.5. The highest BCUT2D eigenvalue weighted by Gasteiger charge is 2.10. The normalized spacial score (nSPS) is 9.93. The zero-order valence-electron chi connectivity index (χ0n) is 15.7. The summed E-state index contributed by atoms with van der Waals surface area (Å²) >= 11 is 0. The molecule has 0 aliphatic heterocycles. The lowest BCUT2D eigenvalue weighted by Gasteiger charge is -2.11. The second-order valence-electron chi connectivity index (χ2n) is 5.56. The second-order valence-corrected chi connectivity index (χ2v) is 5.56. The number of esters is 1. The lowest BCUT2D eigenvalue weighted by molar-refractivity contribution is -0.125. The average molecular weight is 386 g/mol. The minimum atomic E-state index is -0.446. The van der Waals surface area contributed by atoms with Crippen LogP contribution in [-0.2, 0) is 14.3 Å². The van der Waals surface area contributed by atoms with Crippen LogP contribution in [0.25, 0.3) is 0 Å². The number of nitrogens with one attached hydrogen (secondary N) is 2. The SMILES string of the molecule is CCOC(=O)c1ccc(NC(=O)CNC(=O)COc2ccccc2OC)cc1. The van der Waals surface area contributed by atoms with Crippen molar-refractivity contribution in [2.45, 2.75) is 6.92 Å². The number of amides is 2. The van der Waals surface area contributed by atoms with Crippen molar-refractivity contribution in [3.05, 3.63) is 54.1 Å². The van der Waals surface area contributed by atoms with E-state index < -0.39 is 17.8 Å². The van der Waals surface area contributed by atoms with Crippen molar-refractivity contribution in [3.63, 3.8) is 0 Å².